The summed E-state index contributed by atoms with van der Waals surface area (Å²) < 4.78 is 6.64. The van der Waals surface area contributed by atoms with Crippen molar-refractivity contribution in [3.63, 3.8) is 0 Å². The fourth-order valence-corrected chi connectivity index (χ4v) is 2.79. The highest BCUT2D eigenvalue weighted by atomic mass is 79.9. The number of hydrogen-bond donors (Lipinski definition) is 1. The molecule has 0 bridgehead atoms. The van der Waals surface area contributed by atoms with Gasteiger partial charge in [0, 0.05) is 24.0 Å². The van der Waals surface area contributed by atoms with E-state index in [0.717, 1.165) is 36.3 Å². The van der Waals surface area contributed by atoms with E-state index in [1.807, 2.05) is 6.07 Å². The van der Waals surface area contributed by atoms with Gasteiger partial charge in [-0.05, 0) is 34.9 Å². The first-order valence-corrected chi connectivity index (χ1v) is 7.30. The molecule has 0 amide bonds. The quantitative estimate of drug-likeness (QED) is 0.929. The van der Waals surface area contributed by atoms with E-state index < -0.39 is 0 Å². The third-order valence-electron chi connectivity index (χ3n) is 3.30. The number of rotatable bonds is 4. The molecular formula is C16H16BrNO. The zero-order chi connectivity index (χ0) is 13.1. The van der Waals surface area contributed by atoms with Crippen LogP contribution >= 0.6 is 15.9 Å². The van der Waals surface area contributed by atoms with Gasteiger partial charge >= 0.3 is 0 Å². The summed E-state index contributed by atoms with van der Waals surface area (Å²) in [7, 11) is 0. The topological polar surface area (TPSA) is 21.3 Å². The van der Waals surface area contributed by atoms with Crippen LogP contribution in [0, 0.1) is 0 Å². The average Bonchev–Trinajstić information content (AvgIpc) is 2.86. The van der Waals surface area contributed by atoms with Crippen LogP contribution in [0.15, 0.2) is 46.9 Å². The third kappa shape index (κ3) is 3.17. The fourth-order valence-electron chi connectivity index (χ4n) is 2.35. The van der Waals surface area contributed by atoms with Gasteiger partial charge in [-0.25, -0.2) is 0 Å². The van der Waals surface area contributed by atoms with Crippen molar-refractivity contribution in [2.24, 2.45) is 0 Å². The highest BCUT2D eigenvalue weighted by Crippen LogP contribution is 2.25. The Hall–Kier alpha value is -1.32. The van der Waals surface area contributed by atoms with Gasteiger partial charge in [-0.1, -0.05) is 40.2 Å². The Kier molecular flexibility index (Phi) is 3.85. The summed E-state index contributed by atoms with van der Waals surface area (Å²) in [4.78, 5) is 0. The molecule has 1 heterocycles. The SMILES string of the molecule is Brc1cccc(CNCc2ccc3c(c2)CCO3)c1. The fraction of sp³-hybridized carbons (Fsp3) is 0.250. The van der Waals surface area contributed by atoms with E-state index in [1.165, 1.54) is 16.7 Å². The molecule has 19 heavy (non-hydrogen) atoms. The first kappa shape index (κ1) is 12.7. The predicted octanol–water partition coefficient (Wildman–Crippen LogP) is 3.67. The molecule has 0 fully saturated rings. The molecule has 98 valence electrons. The van der Waals surface area contributed by atoms with Crippen LogP contribution in [0.25, 0.3) is 0 Å². The lowest BCUT2D eigenvalue weighted by molar-refractivity contribution is 0.357. The van der Waals surface area contributed by atoms with Crippen molar-refractivity contribution >= 4 is 15.9 Å². The lowest BCUT2D eigenvalue weighted by Gasteiger charge is -2.07. The van der Waals surface area contributed by atoms with Crippen molar-refractivity contribution < 1.29 is 4.74 Å². The minimum Gasteiger partial charge on any atom is -0.493 e. The molecule has 1 N–H and O–H groups in total. The van der Waals surface area contributed by atoms with E-state index in [9.17, 15) is 0 Å². The Morgan fingerprint density at radius 1 is 1.05 bits per heavy atom. The Balaban J connectivity index is 1.58. The van der Waals surface area contributed by atoms with Crippen LogP contribution in [0.5, 0.6) is 5.75 Å². The number of nitrogens with one attached hydrogen (secondary N) is 1. The average molecular weight is 318 g/mol. The van der Waals surface area contributed by atoms with Gasteiger partial charge in [0.05, 0.1) is 6.61 Å². The maximum absolute atomic E-state index is 5.51. The van der Waals surface area contributed by atoms with Crippen LogP contribution in [0.3, 0.4) is 0 Å². The Bertz CT molecular complexity index is 583. The Morgan fingerprint density at radius 2 is 1.89 bits per heavy atom. The molecule has 0 aliphatic carbocycles. The Labute approximate surface area is 121 Å². The molecule has 0 saturated heterocycles. The molecule has 0 aromatic heterocycles. The van der Waals surface area contributed by atoms with Crippen molar-refractivity contribution in [2.45, 2.75) is 19.5 Å². The lowest BCUT2D eigenvalue weighted by atomic mass is 10.1. The molecule has 2 aromatic carbocycles. The van der Waals surface area contributed by atoms with Crippen molar-refractivity contribution in [1.29, 1.82) is 0 Å². The zero-order valence-corrected chi connectivity index (χ0v) is 12.2. The second-order valence-corrected chi connectivity index (χ2v) is 5.69. The molecule has 0 radical (unpaired) electrons. The van der Waals surface area contributed by atoms with Gasteiger partial charge in [0.1, 0.15) is 5.75 Å². The summed E-state index contributed by atoms with van der Waals surface area (Å²) in [6.45, 7) is 2.59. The zero-order valence-electron chi connectivity index (χ0n) is 10.7. The van der Waals surface area contributed by atoms with Gasteiger partial charge in [-0.3, -0.25) is 0 Å². The van der Waals surface area contributed by atoms with Crippen molar-refractivity contribution in [1.82, 2.24) is 5.32 Å². The van der Waals surface area contributed by atoms with Crippen LogP contribution < -0.4 is 10.1 Å². The van der Waals surface area contributed by atoms with Crippen molar-refractivity contribution in [3.8, 4) is 5.75 Å². The molecule has 0 atom stereocenters. The molecule has 0 unspecified atom stereocenters. The second kappa shape index (κ2) is 5.76. The standard InChI is InChI=1S/C16H16BrNO/c17-15-3-1-2-12(9-15)10-18-11-13-4-5-16-14(8-13)6-7-19-16/h1-5,8-9,18H,6-7,10-11H2. The minimum atomic E-state index is 0.824. The van der Waals surface area contributed by atoms with E-state index in [4.69, 9.17) is 4.74 Å². The van der Waals surface area contributed by atoms with Crippen molar-refractivity contribution in [3.05, 3.63) is 63.6 Å². The molecule has 0 spiro atoms. The van der Waals surface area contributed by atoms with E-state index >= 15 is 0 Å². The molecular weight excluding hydrogens is 302 g/mol. The summed E-state index contributed by atoms with van der Waals surface area (Å²) in [6, 6.07) is 14.8. The molecule has 0 saturated carbocycles. The first-order valence-electron chi connectivity index (χ1n) is 6.51. The molecule has 3 heteroatoms. The lowest BCUT2D eigenvalue weighted by Crippen LogP contribution is -2.12. The maximum Gasteiger partial charge on any atom is 0.122 e. The van der Waals surface area contributed by atoms with E-state index in [0.29, 0.717) is 0 Å². The molecule has 1 aliphatic heterocycles. The smallest absolute Gasteiger partial charge is 0.122 e. The highest BCUT2D eigenvalue weighted by molar-refractivity contribution is 9.10. The van der Waals surface area contributed by atoms with E-state index in [-0.39, 0.29) is 0 Å². The van der Waals surface area contributed by atoms with Gasteiger partial charge in [0.15, 0.2) is 0 Å². The van der Waals surface area contributed by atoms with Gasteiger partial charge in [0.25, 0.3) is 0 Å². The van der Waals surface area contributed by atoms with Crippen LogP contribution in [0.1, 0.15) is 16.7 Å². The van der Waals surface area contributed by atoms with Crippen LogP contribution in [-0.2, 0) is 19.5 Å². The summed E-state index contributed by atoms with van der Waals surface area (Å²) in [5.74, 6) is 1.05. The van der Waals surface area contributed by atoms with Gasteiger partial charge in [0.2, 0.25) is 0 Å². The monoisotopic (exact) mass is 317 g/mol. The summed E-state index contributed by atoms with van der Waals surface area (Å²) in [6.07, 6.45) is 1.04. The van der Waals surface area contributed by atoms with E-state index in [2.05, 4.69) is 57.6 Å². The molecule has 2 aromatic rings. The van der Waals surface area contributed by atoms with Crippen LogP contribution in [0.2, 0.25) is 0 Å². The van der Waals surface area contributed by atoms with E-state index in [1.54, 1.807) is 0 Å². The molecule has 2 nitrogen and oxygen atoms in total. The van der Waals surface area contributed by atoms with Crippen LogP contribution in [0.4, 0.5) is 0 Å². The number of ether oxygens (including phenoxy) is 1. The predicted molar refractivity (Wildman–Crippen MR) is 80.3 cm³/mol. The Morgan fingerprint density at radius 3 is 2.74 bits per heavy atom. The summed E-state index contributed by atoms with van der Waals surface area (Å²) in [5.41, 5.74) is 3.94. The number of fused-ring (bicyclic) bond motifs is 1. The molecule has 3 rings (SSSR count). The van der Waals surface area contributed by atoms with Gasteiger partial charge < -0.3 is 10.1 Å². The van der Waals surface area contributed by atoms with Crippen LogP contribution in [-0.4, -0.2) is 6.61 Å². The number of hydrogen-bond acceptors (Lipinski definition) is 2. The van der Waals surface area contributed by atoms with Gasteiger partial charge in [-0.2, -0.15) is 0 Å². The number of benzene rings is 2. The summed E-state index contributed by atoms with van der Waals surface area (Å²) >= 11 is 3.49. The third-order valence-corrected chi connectivity index (χ3v) is 3.79. The van der Waals surface area contributed by atoms with Gasteiger partial charge in [-0.15, -0.1) is 0 Å². The first-order chi connectivity index (χ1) is 9.31. The number of halogens is 1. The summed E-state index contributed by atoms with van der Waals surface area (Å²) in [5, 5.41) is 3.47. The maximum atomic E-state index is 5.51. The largest absolute Gasteiger partial charge is 0.493 e. The highest BCUT2D eigenvalue weighted by Gasteiger charge is 2.11. The normalized spacial score (nSPS) is 13.1. The second-order valence-electron chi connectivity index (χ2n) is 4.77. The van der Waals surface area contributed by atoms with Crippen molar-refractivity contribution in [2.75, 3.05) is 6.61 Å². The minimum absolute atomic E-state index is 0.824. The molecule has 1 aliphatic rings.